The Kier molecular flexibility index (Phi) is 5.42. The third-order valence-corrected chi connectivity index (χ3v) is 3.86. The number of hydrogen-bond donors (Lipinski definition) is 2. The topological polar surface area (TPSA) is 71.1 Å². The van der Waals surface area contributed by atoms with E-state index in [1.165, 1.54) is 24.4 Å². The van der Waals surface area contributed by atoms with Crippen LogP contribution in [0.25, 0.3) is 0 Å². The summed E-state index contributed by atoms with van der Waals surface area (Å²) in [6, 6.07) is 12.0. The minimum Gasteiger partial charge on any atom is -0.321 e. The highest BCUT2D eigenvalue weighted by Gasteiger charge is 2.15. The fourth-order valence-electron chi connectivity index (χ4n) is 2.25. The predicted octanol–water partition coefficient (Wildman–Crippen LogP) is 4.52. The molecule has 0 saturated heterocycles. The molecule has 0 fully saturated rings. The number of nitrogens with zero attached hydrogens (tertiary/aromatic N) is 1. The molecule has 2 N–H and O–H groups in total. The maximum atomic E-state index is 13.7. The summed E-state index contributed by atoms with van der Waals surface area (Å²) in [5, 5.41) is 5.20. The fraction of sp³-hybridized carbons (Fsp3) is 0. The maximum absolute atomic E-state index is 13.7. The molecule has 1 aromatic heterocycles. The predicted molar refractivity (Wildman–Crippen MR) is 98.0 cm³/mol. The lowest BCUT2D eigenvalue weighted by molar-refractivity contribution is 0.101. The first kappa shape index (κ1) is 18.5. The van der Waals surface area contributed by atoms with Gasteiger partial charge in [-0.2, -0.15) is 0 Å². The van der Waals surface area contributed by atoms with E-state index < -0.39 is 23.4 Å². The monoisotopic (exact) mass is 387 g/mol. The molecule has 5 nitrogen and oxygen atoms in total. The molecule has 0 unspecified atom stereocenters. The molecule has 136 valence electrons. The van der Waals surface area contributed by atoms with Crippen molar-refractivity contribution in [2.24, 2.45) is 0 Å². The first-order valence-corrected chi connectivity index (χ1v) is 8.10. The van der Waals surface area contributed by atoms with Gasteiger partial charge < -0.3 is 10.6 Å². The van der Waals surface area contributed by atoms with Crippen molar-refractivity contribution in [3.8, 4) is 0 Å². The lowest BCUT2D eigenvalue weighted by Gasteiger charge is -2.10. The Morgan fingerprint density at radius 1 is 0.926 bits per heavy atom. The summed E-state index contributed by atoms with van der Waals surface area (Å²) in [7, 11) is 0. The second kappa shape index (κ2) is 7.92. The van der Waals surface area contributed by atoms with Gasteiger partial charge in [0, 0.05) is 18.0 Å². The number of anilines is 2. The van der Waals surface area contributed by atoms with Crippen molar-refractivity contribution in [1.82, 2.24) is 4.98 Å². The molecular weight excluding hydrogens is 376 g/mol. The zero-order valence-electron chi connectivity index (χ0n) is 13.7. The second-order valence-electron chi connectivity index (χ2n) is 5.44. The van der Waals surface area contributed by atoms with Gasteiger partial charge in [0.05, 0.1) is 16.3 Å². The molecule has 2 aromatic carbocycles. The molecule has 2 amide bonds. The van der Waals surface area contributed by atoms with E-state index >= 15 is 0 Å². The summed E-state index contributed by atoms with van der Waals surface area (Å²) in [6.07, 6.45) is 1.50. The Morgan fingerprint density at radius 3 is 2.41 bits per heavy atom. The first-order valence-electron chi connectivity index (χ1n) is 7.72. The van der Waals surface area contributed by atoms with E-state index in [0.29, 0.717) is 11.8 Å². The number of amides is 2. The Bertz CT molecular complexity index is 1010. The molecule has 0 aliphatic carbocycles. The molecule has 0 spiro atoms. The molecule has 0 aliphatic heterocycles. The quantitative estimate of drug-likeness (QED) is 0.691. The number of nitrogens with one attached hydrogen (secondary N) is 2. The van der Waals surface area contributed by atoms with Crippen molar-refractivity contribution < 1.29 is 18.4 Å². The van der Waals surface area contributed by atoms with Gasteiger partial charge in [0.2, 0.25) is 0 Å². The van der Waals surface area contributed by atoms with Crippen LogP contribution in [0.15, 0.2) is 60.8 Å². The van der Waals surface area contributed by atoms with Crippen LogP contribution in [0.5, 0.6) is 0 Å². The van der Waals surface area contributed by atoms with Gasteiger partial charge in [-0.05, 0) is 42.5 Å². The molecule has 0 saturated carbocycles. The summed E-state index contributed by atoms with van der Waals surface area (Å²) in [6.45, 7) is 0. The highest BCUT2D eigenvalue weighted by Crippen LogP contribution is 2.26. The number of carbonyl (C=O) groups is 2. The van der Waals surface area contributed by atoms with Crippen LogP contribution in [0.3, 0.4) is 0 Å². The van der Waals surface area contributed by atoms with Crippen LogP contribution < -0.4 is 10.6 Å². The largest absolute Gasteiger partial charge is 0.321 e. The Labute approximate surface area is 158 Å². The number of hydrogen-bond acceptors (Lipinski definition) is 3. The van der Waals surface area contributed by atoms with Crippen molar-refractivity contribution in [3.05, 3.63) is 88.7 Å². The van der Waals surface area contributed by atoms with Crippen molar-refractivity contribution >= 4 is 34.8 Å². The zero-order chi connectivity index (χ0) is 19.4. The number of pyridine rings is 1. The summed E-state index contributed by atoms with van der Waals surface area (Å²) >= 11 is 6.12. The molecule has 3 rings (SSSR count). The van der Waals surface area contributed by atoms with E-state index in [2.05, 4.69) is 15.6 Å². The molecule has 0 atom stereocenters. The zero-order valence-corrected chi connectivity index (χ0v) is 14.4. The Morgan fingerprint density at radius 2 is 1.74 bits per heavy atom. The Hall–Kier alpha value is -3.32. The molecule has 27 heavy (non-hydrogen) atoms. The summed E-state index contributed by atoms with van der Waals surface area (Å²) in [5.41, 5.74) is 0.514. The number of benzene rings is 2. The number of aromatic nitrogens is 1. The smallest absolute Gasteiger partial charge is 0.274 e. The van der Waals surface area contributed by atoms with Crippen LogP contribution in [0, 0.1) is 11.6 Å². The molecule has 0 radical (unpaired) electrons. The van der Waals surface area contributed by atoms with Gasteiger partial charge >= 0.3 is 0 Å². The van der Waals surface area contributed by atoms with Crippen molar-refractivity contribution in [2.45, 2.75) is 0 Å². The van der Waals surface area contributed by atoms with E-state index in [1.807, 2.05) is 0 Å². The standard InChI is InChI=1S/C19H12ClF2N3O2/c20-14-10-12(24-19(27)17-3-1-2-8-23-17)5-7-16(14)25-18(26)13-6-4-11(21)9-15(13)22/h1-10H,(H,24,27)(H,25,26). The number of rotatable bonds is 4. The SMILES string of the molecule is O=C(Nc1ccc(NC(=O)c2ccc(F)cc2F)c(Cl)c1)c1ccccn1. The van der Waals surface area contributed by atoms with Crippen LogP contribution in [0.1, 0.15) is 20.8 Å². The van der Waals surface area contributed by atoms with E-state index in [0.717, 1.165) is 12.1 Å². The lowest BCUT2D eigenvalue weighted by Crippen LogP contribution is -2.15. The maximum Gasteiger partial charge on any atom is 0.274 e. The van der Waals surface area contributed by atoms with Crippen LogP contribution in [0.4, 0.5) is 20.2 Å². The van der Waals surface area contributed by atoms with Gasteiger partial charge in [-0.1, -0.05) is 17.7 Å². The van der Waals surface area contributed by atoms with Crippen molar-refractivity contribution in [2.75, 3.05) is 10.6 Å². The van der Waals surface area contributed by atoms with Crippen LogP contribution >= 0.6 is 11.6 Å². The first-order chi connectivity index (χ1) is 12.9. The molecule has 3 aromatic rings. The molecule has 0 aliphatic rings. The molecule has 8 heteroatoms. The van der Waals surface area contributed by atoms with E-state index in [-0.39, 0.29) is 22.0 Å². The van der Waals surface area contributed by atoms with Gasteiger partial charge in [0.15, 0.2) is 0 Å². The third-order valence-electron chi connectivity index (χ3n) is 3.55. The average Bonchev–Trinajstić information content (AvgIpc) is 2.64. The highest BCUT2D eigenvalue weighted by atomic mass is 35.5. The van der Waals surface area contributed by atoms with E-state index in [9.17, 15) is 18.4 Å². The van der Waals surface area contributed by atoms with E-state index in [1.54, 1.807) is 18.2 Å². The van der Waals surface area contributed by atoms with Gasteiger partial charge in [-0.3, -0.25) is 14.6 Å². The van der Waals surface area contributed by atoms with E-state index in [4.69, 9.17) is 11.6 Å². The highest BCUT2D eigenvalue weighted by molar-refractivity contribution is 6.34. The summed E-state index contributed by atoms with van der Waals surface area (Å²) < 4.78 is 26.6. The molecule has 1 heterocycles. The summed E-state index contributed by atoms with van der Waals surface area (Å²) in [4.78, 5) is 28.2. The van der Waals surface area contributed by atoms with Gasteiger partial charge in [0.25, 0.3) is 11.8 Å². The van der Waals surface area contributed by atoms with Gasteiger partial charge in [-0.15, -0.1) is 0 Å². The van der Waals surface area contributed by atoms with Gasteiger partial charge in [-0.25, -0.2) is 8.78 Å². The van der Waals surface area contributed by atoms with Crippen LogP contribution in [0.2, 0.25) is 5.02 Å². The van der Waals surface area contributed by atoms with Crippen molar-refractivity contribution in [1.29, 1.82) is 0 Å². The van der Waals surface area contributed by atoms with Crippen LogP contribution in [-0.2, 0) is 0 Å². The third kappa shape index (κ3) is 4.45. The van der Waals surface area contributed by atoms with Crippen molar-refractivity contribution in [3.63, 3.8) is 0 Å². The molecule has 0 bridgehead atoms. The average molecular weight is 388 g/mol. The fourth-order valence-corrected chi connectivity index (χ4v) is 2.48. The Balaban J connectivity index is 1.73. The minimum atomic E-state index is -0.983. The normalized spacial score (nSPS) is 10.3. The van der Waals surface area contributed by atoms with Crippen LogP contribution in [-0.4, -0.2) is 16.8 Å². The number of halogens is 3. The molecular formula is C19H12ClF2N3O2. The second-order valence-corrected chi connectivity index (χ2v) is 5.85. The number of carbonyl (C=O) groups excluding carboxylic acids is 2. The van der Waals surface area contributed by atoms with Gasteiger partial charge in [0.1, 0.15) is 17.3 Å². The lowest BCUT2D eigenvalue weighted by atomic mass is 10.2. The minimum absolute atomic E-state index is 0.129. The summed E-state index contributed by atoms with van der Waals surface area (Å²) in [5.74, 6) is -2.96.